The molecule has 0 fully saturated rings. The number of hydrogen-bond donors (Lipinski definition) is 0. The number of quaternary nitrogens is 1. The van der Waals surface area contributed by atoms with Gasteiger partial charge in [-0.3, -0.25) is 9.59 Å². The number of unbranched alkanes of at least 4 members (excludes halogenated alkanes) is 39. The first-order valence-electron chi connectivity index (χ1n) is 32.1. The van der Waals surface area contributed by atoms with Crippen LogP contribution in [-0.4, -0.2) is 82.3 Å². The molecule has 0 aromatic rings. The van der Waals surface area contributed by atoms with Gasteiger partial charge in [-0.15, -0.1) is 0 Å². The maximum Gasteiger partial charge on any atom is 0.306 e. The molecule has 2 unspecified atom stereocenters. The molecular formula is C66H123NO8. The van der Waals surface area contributed by atoms with Crippen LogP contribution in [0.25, 0.3) is 0 Å². The average molecular weight is 1060 g/mol. The standard InChI is InChI=1S/C66H123NO8/c1-6-8-10-12-14-16-17-18-19-20-21-22-23-24-25-26-27-28-29-30-31-32-33-34-35-36-37-38-39-40-41-42-43-44-45-46-47-49-51-53-55-57-64(69)75-62(61-74-66(65(70)71)72-59-58-67(3,4)5)60-73-63(68)56-54-52-50-48-15-13-11-9-7-2/h17-18,20-21,23-24,62,66H,6-16,19,22,25-61H2,1-5H3/b18-17-,21-20-,24-23-. The molecule has 0 rings (SSSR count). The van der Waals surface area contributed by atoms with Crippen molar-refractivity contribution in [1.82, 2.24) is 0 Å². The summed E-state index contributed by atoms with van der Waals surface area (Å²) in [5, 5.41) is 11.7. The molecule has 0 saturated carbocycles. The van der Waals surface area contributed by atoms with Crippen LogP contribution in [-0.2, 0) is 33.3 Å². The molecule has 0 aliphatic heterocycles. The zero-order valence-electron chi connectivity index (χ0n) is 50.2. The lowest BCUT2D eigenvalue weighted by Crippen LogP contribution is -2.44. The van der Waals surface area contributed by atoms with Crippen LogP contribution in [0.15, 0.2) is 36.5 Å². The molecule has 0 heterocycles. The van der Waals surface area contributed by atoms with Crippen LogP contribution in [0, 0.1) is 0 Å². The Balaban J connectivity index is 3.83. The first-order valence-corrected chi connectivity index (χ1v) is 32.1. The first kappa shape index (κ1) is 72.5. The number of rotatable bonds is 60. The molecule has 0 aliphatic rings. The smallest absolute Gasteiger partial charge is 0.306 e. The van der Waals surface area contributed by atoms with Crippen LogP contribution >= 0.6 is 0 Å². The number of aliphatic carboxylic acids is 1. The molecule has 0 amide bonds. The van der Waals surface area contributed by atoms with Crippen molar-refractivity contribution in [3.05, 3.63) is 36.5 Å². The van der Waals surface area contributed by atoms with E-state index in [4.69, 9.17) is 18.9 Å². The largest absolute Gasteiger partial charge is 0.545 e. The molecule has 0 spiro atoms. The summed E-state index contributed by atoms with van der Waals surface area (Å²) < 4.78 is 22.6. The highest BCUT2D eigenvalue weighted by Crippen LogP contribution is 2.18. The summed E-state index contributed by atoms with van der Waals surface area (Å²) in [4.78, 5) is 37.1. The molecular weight excluding hydrogens is 935 g/mol. The summed E-state index contributed by atoms with van der Waals surface area (Å²) >= 11 is 0. The second kappa shape index (κ2) is 57.7. The van der Waals surface area contributed by atoms with E-state index < -0.39 is 24.3 Å². The zero-order valence-corrected chi connectivity index (χ0v) is 50.2. The number of esters is 2. The van der Waals surface area contributed by atoms with Crippen LogP contribution in [0.1, 0.15) is 309 Å². The fraction of sp³-hybridized carbons (Fsp3) is 0.864. The number of likely N-dealkylation sites (N-methyl/N-ethyl adjacent to an activating group) is 1. The monoisotopic (exact) mass is 1060 g/mol. The van der Waals surface area contributed by atoms with Gasteiger partial charge in [0.25, 0.3) is 0 Å². The fourth-order valence-corrected chi connectivity index (χ4v) is 9.43. The van der Waals surface area contributed by atoms with E-state index >= 15 is 0 Å². The van der Waals surface area contributed by atoms with Crippen molar-refractivity contribution >= 4 is 17.9 Å². The number of allylic oxidation sites excluding steroid dienone is 6. The zero-order chi connectivity index (χ0) is 54.8. The fourth-order valence-electron chi connectivity index (χ4n) is 9.43. The number of carbonyl (C=O) groups excluding carboxylic acids is 3. The molecule has 0 radical (unpaired) electrons. The van der Waals surface area contributed by atoms with E-state index in [1.165, 1.54) is 231 Å². The van der Waals surface area contributed by atoms with Crippen molar-refractivity contribution in [2.45, 2.75) is 322 Å². The van der Waals surface area contributed by atoms with Gasteiger partial charge in [-0.1, -0.05) is 281 Å². The lowest BCUT2D eigenvalue weighted by molar-refractivity contribution is -0.870. The molecule has 0 aromatic heterocycles. The predicted octanol–water partition coefficient (Wildman–Crippen LogP) is 17.9. The van der Waals surface area contributed by atoms with Gasteiger partial charge in [0.1, 0.15) is 13.2 Å². The first-order chi connectivity index (χ1) is 36.6. The summed E-state index contributed by atoms with van der Waals surface area (Å²) in [6.07, 6.45) is 68.3. The molecule has 0 bridgehead atoms. The molecule has 9 heteroatoms. The normalized spacial score (nSPS) is 12.9. The van der Waals surface area contributed by atoms with Gasteiger partial charge in [0, 0.05) is 12.8 Å². The highest BCUT2D eigenvalue weighted by molar-refractivity contribution is 5.70. The minimum Gasteiger partial charge on any atom is -0.545 e. The van der Waals surface area contributed by atoms with E-state index in [-0.39, 0.29) is 32.2 Å². The second-order valence-electron chi connectivity index (χ2n) is 23.1. The van der Waals surface area contributed by atoms with Gasteiger partial charge in [-0.25, -0.2) is 0 Å². The Hall–Kier alpha value is -2.49. The van der Waals surface area contributed by atoms with Crippen molar-refractivity contribution in [2.24, 2.45) is 0 Å². The molecule has 75 heavy (non-hydrogen) atoms. The molecule has 0 aromatic carbocycles. The van der Waals surface area contributed by atoms with Gasteiger partial charge in [0.2, 0.25) is 0 Å². The second-order valence-corrected chi connectivity index (χ2v) is 23.1. The van der Waals surface area contributed by atoms with Gasteiger partial charge in [-0.05, 0) is 51.4 Å². The Morgan fingerprint density at radius 1 is 0.400 bits per heavy atom. The Morgan fingerprint density at radius 2 is 0.720 bits per heavy atom. The number of ether oxygens (including phenoxy) is 4. The minimum atomic E-state index is -1.62. The van der Waals surface area contributed by atoms with Crippen LogP contribution in [0.5, 0.6) is 0 Å². The third kappa shape index (κ3) is 59.0. The van der Waals surface area contributed by atoms with Crippen molar-refractivity contribution in [2.75, 3.05) is 47.5 Å². The van der Waals surface area contributed by atoms with Gasteiger partial charge in [-0.2, -0.15) is 0 Å². The quantitative estimate of drug-likeness (QED) is 0.0195. The molecule has 0 saturated heterocycles. The SMILES string of the molecule is CCCCCCC/C=C\C/C=C\C/C=C\CCCCCCCCCCCCCCCCCCCCCCCCCCCCC(=O)OC(COC(=O)CCCCCCCCCCC)COC(OCC[N+](C)(C)C)C(=O)[O-]. The highest BCUT2D eigenvalue weighted by atomic mass is 16.7. The predicted molar refractivity (Wildman–Crippen MR) is 316 cm³/mol. The lowest BCUT2D eigenvalue weighted by atomic mass is 10.0. The van der Waals surface area contributed by atoms with E-state index in [0.717, 1.165) is 51.4 Å². The third-order valence-electron chi connectivity index (χ3n) is 14.4. The number of carboxylic acids is 1. The van der Waals surface area contributed by atoms with Gasteiger partial charge in [0.05, 0.1) is 40.3 Å². The summed E-state index contributed by atoms with van der Waals surface area (Å²) in [5.74, 6) is -2.27. The minimum absolute atomic E-state index is 0.151. The van der Waals surface area contributed by atoms with Crippen molar-refractivity contribution in [3.8, 4) is 0 Å². The lowest BCUT2D eigenvalue weighted by Gasteiger charge is -2.26. The van der Waals surface area contributed by atoms with Crippen molar-refractivity contribution < 1.29 is 42.9 Å². The highest BCUT2D eigenvalue weighted by Gasteiger charge is 2.22. The number of nitrogens with zero attached hydrogens (tertiary/aromatic N) is 1. The van der Waals surface area contributed by atoms with Gasteiger partial charge >= 0.3 is 11.9 Å². The van der Waals surface area contributed by atoms with Crippen LogP contribution in [0.2, 0.25) is 0 Å². The summed E-state index contributed by atoms with van der Waals surface area (Å²) in [7, 11) is 5.92. The van der Waals surface area contributed by atoms with Crippen molar-refractivity contribution in [3.63, 3.8) is 0 Å². The Kier molecular flexibility index (Phi) is 55.8. The number of hydrogen-bond acceptors (Lipinski definition) is 8. The Labute approximate surface area is 464 Å². The number of carbonyl (C=O) groups is 3. The van der Waals surface area contributed by atoms with E-state index in [9.17, 15) is 19.5 Å². The van der Waals surface area contributed by atoms with E-state index in [1.807, 2.05) is 21.1 Å². The molecule has 9 nitrogen and oxygen atoms in total. The third-order valence-corrected chi connectivity index (χ3v) is 14.4. The summed E-state index contributed by atoms with van der Waals surface area (Å²) in [5.41, 5.74) is 0. The van der Waals surface area contributed by atoms with E-state index in [2.05, 4.69) is 50.3 Å². The van der Waals surface area contributed by atoms with Crippen LogP contribution in [0.4, 0.5) is 0 Å². The summed E-state index contributed by atoms with van der Waals surface area (Å²) in [6.45, 7) is 4.74. The van der Waals surface area contributed by atoms with Crippen LogP contribution < -0.4 is 5.11 Å². The Bertz CT molecular complexity index is 1320. The maximum absolute atomic E-state index is 12.8. The van der Waals surface area contributed by atoms with Crippen LogP contribution in [0.3, 0.4) is 0 Å². The van der Waals surface area contributed by atoms with Gasteiger partial charge < -0.3 is 33.3 Å². The molecule has 440 valence electrons. The van der Waals surface area contributed by atoms with Gasteiger partial charge in [0.15, 0.2) is 12.4 Å². The van der Waals surface area contributed by atoms with Crippen molar-refractivity contribution in [1.29, 1.82) is 0 Å². The number of carboxylic acid groups (broad SMARTS) is 1. The summed E-state index contributed by atoms with van der Waals surface area (Å²) in [6, 6.07) is 0. The molecule has 2 atom stereocenters. The average Bonchev–Trinajstić information content (AvgIpc) is 3.38. The Morgan fingerprint density at radius 3 is 1.07 bits per heavy atom. The van der Waals surface area contributed by atoms with E-state index in [0.29, 0.717) is 17.4 Å². The molecule has 0 aliphatic carbocycles. The maximum atomic E-state index is 12.8. The molecule has 0 N–H and O–H groups in total. The topological polar surface area (TPSA) is 111 Å². The van der Waals surface area contributed by atoms with E-state index in [1.54, 1.807) is 0 Å².